The predicted molar refractivity (Wildman–Crippen MR) is 65.0 cm³/mol. The Morgan fingerprint density at radius 1 is 1.44 bits per heavy atom. The number of carbonyl (C=O) groups is 1. The maximum absolute atomic E-state index is 11.6. The van der Waals surface area contributed by atoms with Crippen molar-refractivity contribution in [2.45, 2.75) is 70.5 Å². The van der Waals surface area contributed by atoms with E-state index in [1.165, 1.54) is 38.5 Å². The van der Waals surface area contributed by atoms with Crippen molar-refractivity contribution in [1.29, 1.82) is 0 Å². The van der Waals surface area contributed by atoms with E-state index in [9.17, 15) is 4.79 Å². The number of hydrogen-bond donors (Lipinski definition) is 2. The first-order chi connectivity index (χ1) is 7.68. The van der Waals surface area contributed by atoms with Crippen molar-refractivity contribution in [1.82, 2.24) is 10.6 Å². The van der Waals surface area contributed by atoms with E-state index in [0.29, 0.717) is 5.92 Å². The molecule has 0 bridgehead atoms. The number of carbonyl (C=O) groups excluding carboxylic acids is 1. The van der Waals surface area contributed by atoms with E-state index < -0.39 is 0 Å². The van der Waals surface area contributed by atoms with Crippen molar-refractivity contribution in [3.63, 3.8) is 0 Å². The summed E-state index contributed by atoms with van der Waals surface area (Å²) < 4.78 is 0. The van der Waals surface area contributed by atoms with Gasteiger partial charge >= 0.3 is 0 Å². The van der Waals surface area contributed by atoms with Gasteiger partial charge in [0.1, 0.15) is 0 Å². The highest BCUT2D eigenvalue weighted by atomic mass is 16.2. The standard InChI is InChI=1S/C13H24N2O/c1-3-4-5-7-11-8-6-9-13(11)14-10(2)12(16)15-13/h10-11,14H,3-9H2,1-2H3,(H,15,16)/t10-,11?,13?/m0/s1. The van der Waals surface area contributed by atoms with Crippen LogP contribution >= 0.6 is 0 Å². The molecule has 1 amide bonds. The zero-order valence-corrected chi connectivity index (χ0v) is 10.5. The zero-order valence-electron chi connectivity index (χ0n) is 10.5. The number of rotatable bonds is 4. The first-order valence-corrected chi connectivity index (χ1v) is 6.77. The molecule has 0 aromatic heterocycles. The summed E-state index contributed by atoms with van der Waals surface area (Å²) in [6.07, 6.45) is 8.77. The Bertz CT molecular complexity index is 267. The molecule has 0 aromatic carbocycles. The van der Waals surface area contributed by atoms with E-state index in [4.69, 9.17) is 0 Å². The summed E-state index contributed by atoms with van der Waals surface area (Å²) in [5, 5.41) is 6.70. The van der Waals surface area contributed by atoms with Crippen LogP contribution in [0, 0.1) is 5.92 Å². The third kappa shape index (κ3) is 2.10. The fourth-order valence-electron chi connectivity index (χ4n) is 3.28. The molecule has 1 heterocycles. The van der Waals surface area contributed by atoms with Gasteiger partial charge < -0.3 is 5.32 Å². The fourth-order valence-corrected chi connectivity index (χ4v) is 3.28. The van der Waals surface area contributed by atoms with Gasteiger partial charge in [0, 0.05) is 0 Å². The van der Waals surface area contributed by atoms with E-state index in [2.05, 4.69) is 17.6 Å². The van der Waals surface area contributed by atoms with Gasteiger partial charge in [0.05, 0.1) is 11.7 Å². The van der Waals surface area contributed by atoms with Gasteiger partial charge in [-0.3, -0.25) is 10.1 Å². The monoisotopic (exact) mass is 224 g/mol. The first-order valence-electron chi connectivity index (χ1n) is 6.77. The SMILES string of the molecule is CCCCCC1CCCC12NC(=O)[C@H](C)N2. The van der Waals surface area contributed by atoms with Gasteiger partial charge in [0.25, 0.3) is 0 Å². The largest absolute Gasteiger partial charge is 0.336 e. The molecule has 2 aliphatic rings. The number of nitrogens with one attached hydrogen (secondary N) is 2. The fraction of sp³-hybridized carbons (Fsp3) is 0.923. The Labute approximate surface area is 98.4 Å². The van der Waals surface area contributed by atoms with Gasteiger partial charge in [-0.15, -0.1) is 0 Å². The molecular formula is C13H24N2O. The van der Waals surface area contributed by atoms with Crippen LogP contribution in [-0.4, -0.2) is 17.6 Å². The molecule has 0 radical (unpaired) electrons. The lowest BCUT2D eigenvalue weighted by Crippen LogP contribution is -2.53. The molecule has 2 fully saturated rings. The molecule has 1 saturated heterocycles. The number of unbranched alkanes of at least 4 members (excludes halogenated alkanes) is 2. The highest BCUT2D eigenvalue weighted by Crippen LogP contribution is 2.39. The van der Waals surface area contributed by atoms with Gasteiger partial charge in [-0.05, 0) is 38.5 Å². The molecule has 92 valence electrons. The molecule has 1 saturated carbocycles. The average molecular weight is 224 g/mol. The van der Waals surface area contributed by atoms with Gasteiger partial charge in [0.2, 0.25) is 5.91 Å². The highest BCUT2D eigenvalue weighted by Gasteiger charge is 2.49. The van der Waals surface area contributed by atoms with Crippen molar-refractivity contribution in [2.24, 2.45) is 5.92 Å². The summed E-state index contributed by atoms with van der Waals surface area (Å²) in [5.41, 5.74) is -0.0513. The minimum atomic E-state index is -0.0513. The molecule has 3 heteroatoms. The average Bonchev–Trinajstić information content (AvgIpc) is 2.74. The topological polar surface area (TPSA) is 41.1 Å². The van der Waals surface area contributed by atoms with Crippen molar-refractivity contribution in [3.05, 3.63) is 0 Å². The normalized spacial score (nSPS) is 38.2. The highest BCUT2D eigenvalue weighted by molar-refractivity contribution is 5.84. The second-order valence-corrected chi connectivity index (χ2v) is 5.41. The second kappa shape index (κ2) is 4.74. The first kappa shape index (κ1) is 11.9. The summed E-state index contributed by atoms with van der Waals surface area (Å²) in [6.45, 7) is 4.20. The van der Waals surface area contributed by atoms with Crippen molar-refractivity contribution >= 4 is 5.91 Å². The summed E-state index contributed by atoms with van der Waals surface area (Å²) in [7, 11) is 0. The predicted octanol–water partition coefficient (Wildman–Crippen LogP) is 2.17. The van der Waals surface area contributed by atoms with Gasteiger partial charge in [-0.25, -0.2) is 0 Å². The Morgan fingerprint density at radius 2 is 2.25 bits per heavy atom. The molecule has 2 N–H and O–H groups in total. The van der Waals surface area contributed by atoms with Crippen LogP contribution < -0.4 is 10.6 Å². The van der Waals surface area contributed by atoms with Crippen LogP contribution in [0.3, 0.4) is 0 Å². The number of amides is 1. The Hall–Kier alpha value is -0.570. The molecule has 2 unspecified atom stereocenters. The van der Waals surface area contributed by atoms with Gasteiger partial charge in [-0.1, -0.05) is 26.2 Å². The van der Waals surface area contributed by atoms with E-state index in [0.717, 1.165) is 6.42 Å². The van der Waals surface area contributed by atoms with Crippen LogP contribution in [0.5, 0.6) is 0 Å². The van der Waals surface area contributed by atoms with E-state index in [-0.39, 0.29) is 17.6 Å². The van der Waals surface area contributed by atoms with Gasteiger partial charge in [0.15, 0.2) is 0 Å². The molecule has 1 aliphatic carbocycles. The van der Waals surface area contributed by atoms with E-state index in [1.807, 2.05) is 6.92 Å². The Morgan fingerprint density at radius 3 is 2.88 bits per heavy atom. The van der Waals surface area contributed by atoms with Crippen LogP contribution in [0.15, 0.2) is 0 Å². The van der Waals surface area contributed by atoms with Crippen molar-refractivity contribution in [2.75, 3.05) is 0 Å². The van der Waals surface area contributed by atoms with Gasteiger partial charge in [-0.2, -0.15) is 0 Å². The Kier molecular flexibility index (Phi) is 3.53. The summed E-state index contributed by atoms with van der Waals surface area (Å²) in [5.74, 6) is 0.829. The summed E-state index contributed by atoms with van der Waals surface area (Å²) in [6, 6.07) is -0.00762. The van der Waals surface area contributed by atoms with Crippen LogP contribution in [0.2, 0.25) is 0 Å². The minimum absolute atomic E-state index is 0.00762. The van der Waals surface area contributed by atoms with Crippen LogP contribution in [0.25, 0.3) is 0 Å². The second-order valence-electron chi connectivity index (χ2n) is 5.41. The molecule has 1 aliphatic heterocycles. The van der Waals surface area contributed by atoms with E-state index >= 15 is 0 Å². The molecule has 16 heavy (non-hydrogen) atoms. The molecular weight excluding hydrogens is 200 g/mol. The Balaban J connectivity index is 1.95. The van der Waals surface area contributed by atoms with Crippen molar-refractivity contribution < 1.29 is 4.79 Å². The van der Waals surface area contributed by atoms with Crippen LogP contribution in [-0.2, 0) is 4.79 Å². The lowest BCUT2D eigenvalue weighted by Gasteiger charge is -2.32. The molecule has 1 spiro atoms. The molecule has 3 atom stereocenters. The quantitative estimate of drug-likeness (QED) is 0.719. The third-order valence-electron chi connectivity index (χ3n) is 4.19. The van der Waals surface area contributed by atoms with Crippen molar-refractivity contribution in [3.8, 4) is 0 Å². The summed E-state index contributed by atoms with van der Waals surface area (Å²) in [4.78, 5) is 11.6. The zero-order chi connectivity index (χ0) is 11.6. The van der Waals surface area contributed by atoms with Crippen LogP contribution in [0.1, 0.15) is 58.8 Å². The molecule has 0 aromatic rings. The lowest BCUT2D eigenvalue weighted by molar-refractivity contribution is -0.120. The maximum Gasteiger partial charge on any atom is 0.238 e. The molecule has 3 nitrogen and oxygen atoms in total. The third-order valence-corrected chi connectivity index (χ3v) is 4.19. The number of hydrogen-bond acceptors (Lipinski definition) is 2. The van der Waals surface area contributed by atoms with Crippen LogP contribution in [0.4, 0.5) is 0 Å². The maximum atomic E-state index is 11.6. The smallest absolute Gasteiger partial charge is 0.238 e. The molecule has 2 rings (SSSR count). The summed E-state index contributed by atoms with van der Waals surface area (Å²) >= 11 is 0. The van der Waals surface area contributed by atoms with E-state index in [1.54, 1.807) is 0 Å². The lowest BCUT2D eigenvalue weighted by atomic mass is 9.91. The minimum Gasteiger partial charge on any atom is -0.336 e.